The largest absolute Gasteiger partial charge is 0.481 e. The van der Waals surface area contributed by atoms with Gasteiger partial charge in [0.15, 0.2) is 5.25 Å². The predicted molar refractivity (Wildman–Crippen MR) is 54.5 cm³/mol. The van der Waals surface area contributed by atoms with Crippen LogP contribution in [-0.4, -0.2) is 59.9 Å². The van der Waals surface area contributed by atoms with E-state index in [1.54, 1.807) is 0 Å². The maximum atomic E-state index is 12.9. The zero-order chi connectivity index (χ0) is 18.8. The second kappa shape index (κ2) is 6.86. The standard InChI is InChI=1S/C8H7F7O7S/c9-5(10)7(12,13)8(14,15)6(11)22-4(18)2(1-3(16)17)23(19,20)21/h2,5-6H,1H2,(H,16,17)(H,19,20,21). The van der Waals surface area contributed by atoms with Crippen molar-refractivity contribution in [1.82, 2.24) is 0 Å². The van der Waals surface area contributed by atoms with Crippen molar-refractivity contribution < 1.29 is 63.1 Å². The molecular formula is C8H7F7O7S. The number of carboxylic acids is 1. The van der Waals surface area contributed by atoms with Crippen molar-refractivity contribution in [2.24, 2.45) is 0 Å². The lowest BCUT2D eigenvalue weighted by molar-refractivity contribution is -0.318. The summed E-state index contributed by atoms with van der Waals surface area (Å²) in [5.74, 6) is -17.3. The third kappa shape index (κ3) is 4.92. The Morgan fingerprint density at radius 2 is 1.48 bits per heavy atom. The van der Waals surface area contributed by atoms with Crippen LogP contribution in [0.4, 0.5) is 30.7 Å². The fourth-order valence-corrected chi connectivity index (χ4v) is 1.67. The number of carbonyl (C=O) groups is 2. The number of esters is 1. The number of ether oxygens (including phenoxy) is 1. The van der Waals surface area contributed by atoms with Gasteiger partial charge in [-0.2, -0.15) is 30.4 Å². The van der Waals surface area contributed by atoms with Crippen LogP contribution in [0, 0.1) is 0 Å². The summed E-state index contributed by atoms with van der Waals surface area (Å²) in [4.78, 5) is 21.3. The van der Waals surface area contributed by atoms with Crippen LogP contribution >= 0.6 is 0 Å². The molecule has 0 saturated heterocycles. The summed E-state index contributed by atoms with van der Waals surface area (Å²) in [6, 6.07) is 0. The van der Waals surface area contributed by atoms with Crippen molar-refractivity contribution >= 4 is 22.1 Å². The van der Waals surface area contributed by atoms with Crippen LogP contribution in [0.2, 0.25) is 0 Å². The number of aliphatic carboxylic acids is 1. The number of carbonyl (C=O) groups excluding carboxylic acids is 1. The number of halogens is 7. The molecule has 0 amide bonds. The summed E-state index contributed by atoms with van der Waals surface area (Å²) in [5, 5.41) is 5.12. The van der Waals surface area contributed by atoms with E-state index in [2.05, 4.69) is 4.74 Å². The summed E-state index contributed by atoms with van der Waals surface area (Å²) < 4.78 is 120. The Balaban J connectivity index is 5.38. The van der Waals surface area contributed by atoms with E-state index in [1.165, 1.54) is 0 Å². The quantitative estimate of drug-likeness (QED) is 0.368. The second-order valence-corrected chi connectivity index (χ2v) is 5.50. The highest BCUT2D eigenvalue weighted by Gasteiger charge is 2.69. The first-order valence-electron chi connectivity index (χ1n) is 5.11. The average Bonchev–Trinajstić information content (AvgIpc) is 2.33. The van der Waals surface area contributed by atoms with Crippen LogP contribution in [-0.2, 0) is 24.4 Å². The minimum Gasteiger partial charge on any atom is -0.481 e. The lowest BCUT2D eigenvalue weighted by Gasteiger charge is -2.28. The van der Waals surface area contributed by atoms with Crippen molar-refractivity contribution in [3.8, 4) is 0 Å². The normalized spacial score (nSPS) is 16.0. The molecule has 0 rings (SSSR count). The number of alkyl halides is 7. The topological polar surface area (TPSA) is 118 Å². The lowest BCUT2D eigenvalue weighted by atomic mass is 10.2. The average molecular weight is 380 g/mol. The summed E-state index contributed by atoms with van der Waals surface area (Å²) in [7, 11) is -5.60. The highest BCUT2D eigenvalue weighted by Crippen LogP contribution is 2.43. The van der Waals surface area contributed by atoms with Crippen LogP contribution in [0.15, 0.2) is 0 Å². The molecule has 0 aliphatic rings. The van der Waals surface area contributed by atoms with Gasteiger partial charge in [-0.3, -0.25) is 14.1 Å². The Morgan fingerprint density at radius 1 is 1.04 bits per heavy atom. The summed E-state index contributed by atoms with van der Waals surface area (Å²) >= 11 is 0. The summed E-state index contributed by atoms with van der Waals surface area (Å²) in [5.41, 5.74) is 0. The van der Waals surface area contributed by atoms with E-state index in [0.29, 0.717) is 0 Å². The SMILES string of the molecule is O=C(O)CC(C(=O)OC(F)C(F)(F)C(F)(F)C(F)F)S(=O)(=O)O. The Morgan fingerprint density at radius 3 is 1.78 bits per heavy atom. The van der Waals surface area contributed by atoms with E-state index in [1.807, 2.05) is 0 Å². The third-order valence-electron chi connectivity index (χ3n) is 2.21. The number of hydrogen-bond acceptors (Lipinski definition) is 5. The first-order valence-corrected chi connectivity index (χ1v) is 6.61. The Labute approximate surface area is 122 Å². The van der Waals surface area contributed by atoms with Crippen LogP contribution in [0.25, 0.3) is 0 Å². The first-order chi connectivity index (χ1) is 10.0. The molecule has 0 aliphatic carbocycles. The molecule has 0 saturated carbocycles. The Hall–Kier alpha value is -1.64. The van der Waals surface area contributed by atoms with Crippen LogP contribution in [0.3, 0.4) is 0 Å². The molecule has 0 aromatic rings. The molecule has 136 valence electrons. The van der Waals surface area contributed by atoms with Gasteiger partial charge in [0.25, 0.3) is 10.1 Å². The highest BCUT2D eigenvalue weighted by atomic mass is 32.2. The molecule has 2 N–H and O–H groups in total. The Kier molecular flexibility index (Phi) is 6.37. The molecule has 0 bridgehead atoms. The van der Waals surface area contributed by atoms with E-state index >= 15 is 0 Å². The number of carboxylic acid groups (broad SMARTS) is 1. The molecule has 0 radical (unpaired) electrons. The fourth-order valence-electron chi connectivity index (χ4n) is 1.02. The van der Waals surface area contributed by atoms with Gasteiger partial charge in [-0.05, 0) is 0 Å². The van der Waals surface area contributed by atoms with E-state index in [4.69, 9.17) is 9.66 Å². The van der Waals surface area contributed by atoms with Gasteiger partial charge in [0, 0.05) is 0 Å². The molecule has 0 aromatic carbocycles. The van der Waals surface area contributed by atoms with Gasteiger partial charge in [-0.1, -0.05) is 0 Å². The van der Waals surface area contributed by atoms with Gasteiger partial charge >= 0.3 is 36.6 Å². The van der Waals surface area contributed by atoms with Gasteiger partial charge in [0.1, 0.15) is 0 Å². The summed E-state index contributed by atoms with van der Waals surface area (Å²) in [6.07, 6.45) is -11.6. The molecule has 23 heavy (non-hydrogen) atoms. The lowest BCUT2D eigenvalue weighted by Crippen LogP contribution is -2.54. The maximum Gasteiger partial charge on any atom is 0.381 e. The van der Waals surface area contributed by atoms with Crippen LogP contribution in [0.5, 0.6) is 0 Å². The van der Waals surface area contributed by atoms with Crippen molar-refractivity contribution in [3.05, 3.63) is 0 Å². The molecule has 0 aromatic heterocycles. The van der Waals surface area contributed by atoms with E-state index in [0.717, 1.165) is 0 Å². The van der Waals surface area contributed by atoms with Crippen molar-refractivity contribution in [1.29, 1.82) is 0 Å². The second-order valence-electron chi connectivity index (χ2n) is 3.90. The van der Waals surface area contributed by atoms with Gasteiger partial charge in [0.2, 0.25) is 0 Å². The minimum atomic E-state index is -6.28. The minimum absolute atomic E-state index is 1.79. The van der Waals surface area contributed by atoms with Crippen molar-refractivity contribution in [3.63, 3.8) is 0 Å². The third-order valence-corrected chi connectivity index (χ3v) is 3.28. The molecular weight excluding hydrogens is 373 g/mol. The summed E-state index contributed by atoms with van der Waals surface area (Å²) in [6.45, 7) is 0. The smallest absolute Gasteiger partial charge is 0.381 e. The molecule has 2 unspecified atom stereocenters. The maximum absolute atomic E-state index is 12.9. The van der Waals surface area contributed by atoms with E-state index < -0.39 is 58.4 Å². The van der Waals surface area contributed by atoms with E-state index in [-0.39, 0.29) is 0 Å². The van der Waals surface area contributed by atoms with Crippen LogP contribution < -0.4 is 0 Å². The molecule has 15 heteroatoms. The molecule has 0 fully saturated rings. The zero-order valence-corrected chi connectivity index (χ0v) is 11.2. The first kappa shape index (κ1) is 21.4. The number of rotatable bonds is 8. The van der Waals surface area contributed by atoms with Gasteiger partial charge in [0.05, 0.1) is 6.42 Å². The van der Waals surface area contributed by atoms with Gasteiger partial charge < -0.3 is 9.84 Å². The molecule has 0 heterocycles. The predicted octanol–water partition coefficient (Wildman–Crippen LogP) is 1.09. The fraction of sp³-hybridized carbons (Fsp3) is 0.750. The highest BCUT2D eigenvalue weighted by molar-refractivity contribution is 7.87. The van der Waals surface area contributed by atoms with E-state index in [9.17, 15) is 48.7 Å². The number of hydrogen-bond donors (Lipinski definition) is 2. The zero-order valence-electron chi connectivity index (χ0n) is 10.4. The molecule has 7 nitrogen and oxygen atoms in total. The van der Waals surface area contributed by atoms with Gasteiger partial charge in [-0.15, -0.1) is 0 Å². The molecule has 0 spiro atoms. The Bertz CT molecular complexity index is 561. The monoisotopic (exact) mass is 380 g/mol. The van der Waals surface area contributed by atoms with Crippen molar-refractivity contribution in [2.45, 2.75) is 36.3 Å². The molecule has 2 atom stereocenters. The van der Waals surface area contributed by atoms with Crippen molar-refractivity contribution in [2.75, 3.05) is 0 Å². The van der Waals surface area contributed by atoms with Gasteiger partial charge in [-0.25, -0.2) is 8.78 Å². The molecule has 0 aliphatic heterocycles. The van der Waals surface area contributed by atoms with Crippen LogP contribution in [0.1, 0.15) is 6.42 Å².